The van der Waals surface area contributed by atoms with E-state index in [9.17, 15) is 14.4 Å². The molecule has 0 radical (unpaired) electrons. The summed E-state index contributed by atoms with van der Waals surface area (Å²) in [5, 5.41) is 15.0. The van der Waals surface area contributed by atoms with Crippen molar-refractivity contribution < 1.29 is 19.1 Å². The van der Waals surface area contributed by atoms with E-state index >= 15 is 0 Å². The molecule has 4 unspecified atom stereocenters. The van der Waals surface area contributed by atoms with Gasteiger partial charge in [0.25, 0.3) is 0 Å². The van der Waals surface area contributed by atoms with Gasteiger partial charge in [0.1, 0.15) is 5.75 Å². The van der Waals surface area contributed by atoms with Gasteiger partial charge in [-0.25, -0.2) is 0 Å². The number of fused-ring (bicyclic) bond motifs is 1. The van der Waals surface area contributed by atoms with E-state index in [2.05, 4.69) is 26.6 Å². The first-order valence-electron chi connectivity index (χ1n) is 9.87. The van der Waals surface area contributed by atoms with E-state index in [-0.39, 0.29) is 28.3 Å². The van der Waals surface area contributed by atoms with Gasteiger partial charge in [-0.3, -0.25) is 19.7 Å². The minimum absolute atomic E-state index is 0.128. The third-order valence-corrected chi connectivity index (χ3v) is 6.22. The largest absolute Gasteiger partial charge is 0.497 e. The van der Waals surface area contributed by atoms with Crippen molar-refractivity contribution in [2.24, 2.45) is 11.8 Å². The van der Waals surface area contributed by atoms with Crippen molar-refractivity contribution in [1.29, 1.82) is 0 Å². The molecular formula is C21H21Cl2N5O4. The maximum Gasteiger partial charge on any atom is 0.229 e. The normalized spacial score (nSPS) is 24.6. The van der Waals surface area contributed by atoms with Crippen LogP contribution in [0.1, 0.15) is 6.42 Å². The second kappa shape index (κ2) is 9.23. The minimum atomic E-state index is -0.891. The van der Waals surface area contributed by atoms with E-state index in [4.69, 9.17) is 27.9 Å². The first-order valence-corrected chi connectivity index (χ1v) is 10.6. The van der Waals surface area contributed by atoms with Gasteiger partial charge in [-0.2, -0.15) is 0 Å². The number of amides is 3. The monoisotopic (exact) mass is 477 g/mol. The molecule has 2 aromatic carbocycles. The van der Waals surface area contributed by atoms with Crippen molar-refractivity contribution in [1.82, 2.24) is 16.0 Å². The summed E-state index contributed by atoms with van der Waals surface area (Å²) in [6.45, 7) is 0. The van der Waals surface area contributed by atoms with E-state index in [1.54, 1.807) is 49.6 Å². The second-order valence-electron chi connectivity index (χ2n) is 7.45. The van der Waals surface area contributed by atoms with Crippen LogP contribution in [0.15, 0.2) is 42.5 Å². The molecular weight excluding hydrogens is 457 g/mol. The first-order chi connectivity index (χ1) is 15.4. The SMILES string of the molecule is COc1ccc(NC2NC(=O)C3C(NC(=O)CC3C(=O)Nc3cccc(Cl)c3Cl)N2)cc1. The summed E-state index contributed by atoms with van der Waals surface area (Å²) in [6, 6.07) is 12.0. The molecule has 4 atom stereocenters. The van der Waals surface area contributed by atoms with Crippen LogP contribution in [0.5, 0.6) is 5.75 Å². The van der Waals surface area contributed by atoms with Gasteiger partial charge in [-0.15, -0.1) is 0 Å². The van der Waals surface area contributed by atoms with Crippen molar-refractivity contribution in [3.63, 3.8) is 0 Å². The summed E-state index contributed by atoms with van der Waals surface area (Å²) in [7, 11) is 1.57. The molecule has 5 N–H and O–H groups in total. The Balaban J connectivity index is 1.48. The average Bonchev–Trinajstić information content (AvgIpc) is 2.76. The van der Waals surface area contributed by atoms with Crippen molar-refractivity contribution in [2.75, 3.05) is 17.7 Å². The lowest BCUT2D eigenvalue weighted by molar-refractivity contribution is -0.144. The van der Waals surface area contributed by atoms with Crippen LogP contribution in [-0.4, -0.2) is 37.3 Å². The highest BCUT2D eigenvalue weighted by molar-refractivity contribution is 6.44. The number of carbonyl (C=O) groups excluding carboxylic acids is 3. The molecule has 2 aliphatic rings. The lowest BCUT2D eigenvalue weighted by Gasteiger charge is -2.43. The fourth-order valence-electron chi connectivity index (χ4n) is 3.83. The molecule has 0 aromatic heterocycles. The van der Waals surface area contributed by atoms with Crippen molar-refractivity contribution >= 4 is 52.3 Å². The molecule has 168 valence electrons. The van der Waals surface area contributed by atoms with Gasteiger partial charge in [-0.05, 0) is 36.4 Å². The van der Waals surface area contributed by atoms with Crippen LogP contribution in [0.2, 0.25) is 10.0 Å². The maximum atomic E-state index is 13.0. The zero-order chi connectivity index (χ0) is 22.8. The Hall–Kier alpha value is -3.01. The van der Waals surface area contributed by atoms with Crippen molar-refractivity contribution in [3.05, 3.63) is 52.5 Å². The Morgan fingerprint density at radius 1 is 1.09 bits per heavy atom. The van der Waals surface area contributed by atoms with Gasteiger partial charge in [0.2, 0.25) is 17.7 Å². The summed E-state index contributed by atoms with van der Waals surface area (Å²) >= 11 is 12.2. The third-order valence-electron chi connectivity index (χ3n) is 5.40. The number of benzene rings is 2. The lowest BCUT2D eigenvalue weighted by Crippen LogP contribution is -2.72. The van der Waals surface area contributed by atoms with Gasteiger partial charge in [0.15, 0.2) is 6.29 Å². The predicted molar refractivity (Wildman–Crippen MR) is 120 cm³/mol. The number of piperidine rings is 1. The van der Waals surface area contributed by atoms with Gasteiger partial charge in [0.05, 0.1) is 40.8 Å². The summed E-state index contributed by atoms with van der Waals surface area (Å²) in [5.74, 6) is -2.19. The smallest absolute Gasteiger partial charge is 0.229 e. The highest BCUT2D eigenvalue weighted by Gasteiger charge is 2.48. The molecule has 2 aliphatic heterocycles. The Labute approximate surface area is 194 Å². The zero-order valence-corrected chi connectivity index (χ0v) is 18.5. The number of anilines is 2. The lowest BCUT2D eigenvalue weighted by atomic mass is 9.81. The fraction of sp³-hybridized carbons (Fsp3) is 0.286. The molecule has 0 bridgehead atoms. The molecule has 0 aliphatic carbocycles. The van der Waals surface area contributed by atoms with Crippen LogP contribution >= 0.6 is 23.2 Å². The van der Waals surface area contributed by atoms with Gasteiger partial charge < -0.3 is 26.0 Å². The summed E-state index contributed by atoms with van der Waals surface area (Å²) in [4.78, 5) is 38.2. The molecule has 9 nitrogen and oxygen atoms in total. The highest BCUT2D eigenvalue weighted by Crippen LogP contribution is 2.32. The van der Waals surface area contributed by atoms with E-state index in [0.29, 0.717) is 11.4 Å². The molecule has 2 heterocycles. The standard InChI is InChI=1S/C21H21Cl2N5O4/c1-32-11-7-5-10(6-8-11)24-21-27-18-16(20(31)28-21)12(9-15(29)26-18)19(30)25-14-4-2-3-13(22)17(14)23/h2-8,12,16,18,21,24,27H,9H2,1H3,(H,25,30)(H,26,29)(H,28,31). The van der Waals surface area contributed by atoms with E-state index < -0.39 is 30.2 Å². The van der Waals surface area contributed by atoms with Crippen LogP contribution in [0.4, 0.5) is 11.4 Å². The van der Waals surface area contributed by atoms with E-state index in [1.165, 1.54) is 0 Å². The quantitative estimate of drug-likeness (QED) is 0.449. The van der Waals surface area contributed by atoms with Gasteiger partial charge >= 0.3 is 0 Å². The van der Waals surface area contributed by atoms with Crippen LogP contribution in [-0.2, 0) is 14.4 Å². The number of ether oxygens (including phenoxy) is 1. The number of methoxy groups -OCH3 is 1. The molecule has 0 saturated carbocycles. The van der Waals surface area contributed by atoms with Gasteiger partial charge in [0, 0.05) is 12.1 Å². The maximum absolute atomic E-state index is 13.0. The topological polar surface area (TPSA) is 121 Å². The molecule has 3 amide bonds. The number of nitrogens with one attached hydrogen (secondary N) is 5. The fourth-order valence-corrected chi connectivity index (χ4v) is 4.18. The van der Waals surface area contributed by atoms with E-state index in [1.807, 2.05) is 0 Å². The van der Waals surface area contributed by atoms with Gasteiger partial charge in [-0.1, -0.05) is 29.3 Å². The molecule has 4 rings (SSSR count). The van der Waals surface area contributed by atoms with Crippen LogP contribution in [0, 0.1) is 11.8 Å². The van der Waals surface area contributed by atoms with E-state index in [0.717, 1.165) is 5.69 Å². The molecule has 2 fully saturated rings. The number of hydrogen-bond donors (Lipinski definition) is 5. The highest BCUT2D eigenvalue weighted by atomic mass is 35.5. The zero-order valence-electron chi connectivity index (χ0n) is 16.9. The average molecular weight is 478 g/mol. The van der Waals surface area contributed by atoms with Crippen molar-refractivity contribution in [3.8, 4) is 5.75 Å². The Bertz CT molecular complexity index is 1050. The molecule has 2 aromatic rings. The Morgan fingerprint density at radius 2 is 1.84 bits per heavy atom. The van der Waals surface area contributed by atoms with Crippen LogP contribution in [0.3, 0.4) is 0 Å². The minimum Gasteiger partial charge on any atom is -0.497 e. The number of rotatable bonds is 5. The van der Waals surface area contributed by atoms with Crippen LogP contribution < -0.4 is 31.3 Å². The molecule has 32 heavy (non-hydrogen) atoms. The summed E-state index contributed by atoms with van der Waals surface area (Å²) in [6.07, 6.45) is -1.51. The first kappa shape index (κ1) is 22.2. The molecule has 2 saturated heterocycles. The predicted octanol–water partition coefficient (Wildman–Crippen LogP) is 2.13. The third kappa shape index (κ3) is 4.59. The van der Waals surface area contributed by atoms with Crippen molar-refractivity contribution in [2.45, 2.75) is 18.9 Å². The molecule has 11 heteroatoms. The summed E-state index contributed by atoms with van der Waals surface area (Å²) < 4.78 is 5.14. The summed E-state index contributed by atoms with van der Waals surface area (Å²) in [5.41, 5.74) is 1.05. The molecule has 0 spiro atoms. The number of halogens is 2. The second-order valence-corrected chi connectivity index (χ2v) is 8.24. The Morgan fingerprint density at radius 3 is 2.56 bits per heavy atom. The number of carbonyl (C=O) groups is 3. The van der Waals surface area contributed by atoms with Crippen LogP contribution in [0.25, 0.3) is 0 Å². The number of hydrogen-bond acceptors (Lipinski definition) is 6. The Kier molecular flexibility index (Phi) is 6.40.